The molecule has 2 aliphatic rings. The number of hydrogen-bond acceptors (Lipinski definition) is 2. The topological polar surface area (TPSA) is 32.3 Å². The van der Waals surface area contributed by atoms with E-state index in [4.69, 9.17) is 0 Å². The maximum Gasteiger partial charge on any atom is 0.254 e. The minimum absolute atomic E-state index is 0. The second-order valence-electron chi connectivity index (χ2n) is 4.35. The Kier molecular flexibility index (Phi) is 3.35. The predicted molar refractivity (Wildman–Crippen MR) is 64.8 cm³/mol. The van der Waals surface area contributed by atoms with Crippen molar-refractivity contribution in [1.29, 1.82) is 0 Å². The fraction of sp³-hybridized carbons (Fsp3) is 0.417. The molecule has 1 aromatic carbocycles. The SMILES string of the molecule is Cl.O=C1c2cccc(F)c2CN1C1CCNC1. The maximum absolute atomic E-state index is 13.5. The van der Waals surface area contributed by atoms with Crippen molar-refractivity contribution in [3.05, 3.63) is 35.1 Å². The highest BCUT2D eigenvalue weighted by Gasteiger charge is 2.35. The van der Waals surface area contributed by atoms with E-state index in [2.05, 4.69) is 5.32 Å². The minimum Gasteiger partial charge on any atom is -0.330 e. The summed E-state index contributed by atoms with van der Waals surface area (Å²) in [4.78, 5) is 13.9. The fourth-order valence-corrected chi connectivity index (χ4v) is 2.52. The molecular weight excluding hydrogens is 243 g/mol. The highest BCUT2D eigenvalue weighted by molar-refractivity contribution is 5.98. The van der Waals surface area contributed by atoms with Gasteiger partial charge in [-0.3, -0.25) is 4.79 Å². The first kappa shape index (κ1) is 12.3. The summed E-state index contributed by atoms with van der Waals surface area (Å²) in [5, 5.41) is 3.22. The summed E-state index contributed by atoms with van der Waals surface area (Å²) in [6.45, 7) is 2.18. The van der Waals surface area contributed by atoms with Gasteiger partial charge in [-0.2, -0.15) is 0 Å². The van der Waals surface area contributed by atoms with Crippen molar-refractivity contribution in [3.63, 3.8) is 0 Å². The number of amides is 1. The van der Waals surface area contributed by atoms with E-state index in [1.54, 1.807) is 17.0 Å². The Morgan fingerprint density at radius 2 is 2.24 bits per heavy atom. The molecule has 0 radical (unpaired) electrons. The Labute approximate surface area is 105 Å². The van der Waals surface area contributed by atoms with Crippen molar-refractivity contribution in [2.24, 2.45) is 0 Å². The van der Waals surface area contributed by atoms with Crippen LogP contribution in [0.3, 0.4) is 0 Å². The summed E-state index contributed by atoms with van der Waals surface area (Å²) in [5.74, 6) is -0.289. The van der Waals surface area contributed by atoms with Crippen LogP contribution < -0.4 is 5.32 Å². The number of fused-ring (bicyclic) bond motifs is 1. The molecule has 2 aliphatic heterocycles. The third-order valence-electron chi connectivity index (χ3n) is 3.41. The van der Waals surface area contributed by atoms with Crippen LogP contribution in [0.2, 0.25) is 0 Å². The zero-order valence-electron chi connectivity index (χ0n) is 9.28. The lowest BCUT2D eigenvalue weighted by Gasteiger charge is -2.22. The monoisotopic (exact) mass is 256 g/mol. The van der Waals surface area contributed by atoms with Gasteiger partial charge in [-0.25, -0.2) is 4.39 Å². The molecule has 1 unspecified atom stereocenters. The number of carbonyl (C=O) groups excluding carboxylic acids is 1. The van der Waals surface area contributed by atoms with Gasteiger partial charge in [0, 0.05) is 23.7 Å². The highest BCUT2D eigenvalue weighted by Crippen LogP contribution is 2.28. The maximum atomic E-state index is 13.5. The first-order valence-corrected chi connectivity index (χ1v) is 5.56. The Morgan fingerprint density at radius 1 is 1.41 bits per heavy atom. The van der Waals surface area contributed by atoms with Crippen LogP contribution >= 0.6 is 12.4 Å². The van der Waals surface area contributed by atoms with Crippen LogP contribution in [0.25, 0.3) is 0 Å². The van der Waals surface area contributed by atoms with E-state index in [0.29, 0.717) is 17.7 Å². The Hall–Kier alpha value is -1.13. The summed E-state index contributed by atoms with van der Waals surface area (Å²) in [7, 11) is 0. The minimum atomic E-state index is -0.265. The van der Waals surface area contributed by atoms with E-state index < -0.39 is 0 Å². The summed E-state index contributed by atoms with van der Waals surface area (Å²) >= 11 is 0. The van der Waals surface area contributed by atoms with Gasteiger partial charge in [-0.1, -0.05) is 6.07 Å². The highest BCUT2D eigenvalue weighted by atomic mass is 35.5. The molecule has 0 aliphatic carbocycles. The molecular formula is C12H14ClFN2O. The molecule has 3 nitrogen and oxygen atoms in total. The molecule has 1 aromatic rings. The molecule has 1 atom stereocenters. The van der Waals surface area contributed by atoms with Crippen molar-refractivity contribution in [1.82, 2.24) is 10.2 Å². The van der Waals surface area contributed by atoms with Gasteiger partial charge in [0.05, 0.1) is 6.54 Å². The molecule has 1 fully saturated rings. The third-order valence-corrected chi connectivity index (χ3v) is 3.41. The first-order chi connectivity index (χ1) is 7.77. The van der Waals surface area contributed by atoms with Gasteiger partial charge >= 0.3 is 0 Å². The second kappa shape index (κ2) is 4.63. The first-order valence-electron chi connectivity index (χ1n) is 5.56. The lowest BCUT2D eigenvalue weighted by molar-refractivity contribution is 0.0717. The molecule has 3 rings (SSSR count). The predicted octanol–water partition coefficient (Wildman–Crippen LogP) is 1.57. The summed E-state index contributed by atoms with van der Waals surface area (Å²) in [5.41, 5.74) is 1.09. The van der Waals surface area contributed by atoms with Crippen molar-refractivity contribution >= 4 is 18.3 Å². The van der Waals surface area contributed by atoms with Gasteiger partial charge in [0.25, 0.3) is 5.91 Å². The van der Waals surface area contributed by atoms with Crippen LogP contribution in [-0.4, -0.2) is 29.9 Å². The lowest BCUT2D eigenvalue weighted by Crippen LogP contribution is -2.36. The van der Waals surface area contributed by atoms with E-state index in [0.717, 1.165) is 19.5 Å². The van der Waals surface area contributed by atoms with Crippen molar-refractivity contribution in [2.75, 3.05) is 13.1 Å². The average molecular weight is 257 g/mol. The average Bonchev–Trinajstić information content (AvgIpc) is 2.88. The standard InChI is InChI=1S/C12H13FN2O.ClH/c13-11-3-1-2-9-10(11)7-15(12(9)16)8-4-5-14-6-8;/h1-3,8,14H,4-7H2;1H. The smallest absolute Gasteiger partial charge is 0.254 e. The lowest BCUT2D eigenvalue weighted by atomic mass is 10.1. The summed E-state index contributed by atoms with van der Waals surface area (Å²) < 4.78 is 13.5. The van der Waals surface area contributed by atoms with Crippen LogP contribution in [0.15, 0.2) is 18.2 Å². The molecule has 2 heterocycles. The third kappa shape index (κ3) is 1.91. The van der Waals surface area contributed by atoms with Gasteiger partial charge < -0.3 is 10.2 Å². The van der Waals surface area contributed by atoms with Crippen molar-refractivity contribution in [2.45, 2.75) is 19.0 Å². The molecule has 1 N–H and O–H groups in total. The zero-order chi connectivity index (χ0) is 11.1. The molecule has 0 spiro atoms. The van der Waals surface area contributed by atoms with Gasteiger partial charge in [-0.05, 0) is 25.1 Å². The Bertz CT molecular complexity index is 446. The normalized spacial score (nSPS) is 22.5. The number of carbonyl (C=O) groups is 1. The van der Waals surface area contributed by atoms with Crippen LogP contribution in [-0.2, 0) is 6.54 Å². The van der Waals surface area contributed by atoms with Crippen molar-refractivity contribution in [3.8, 4) is 0 Å². The molecule has 0 saturated carbocycles. The van der Waals surface area contributed by atoms with Gasteiger partial charge in [0.2, 0.25) is 0 Å². The fourth-order valence-electron chi connectivity index (χ4n) is 2.52. The van der Waals surface area contributed by atoms with Crippen LogP contribution in [0.5, 0.6) is 0 Å². The van der Waals surface area contributed by atoms with Crippen LogP contribution in [0, 0.1) is 5.82 Å². The quantitative estimate of drug-likeness (QED) is 0.827. The van der Waals surface area contributed by atoms with Crippen LogP contribution in [0.4, 0.5) is 4.39 Å². The molecule has 17 heavy (non-hydrogen) atoms. The zero-order valence-corrected chi connectivity index (χ0v) is 10.1. The number of nitrogens with one attached hydrogen (secondary N) is 1. The summed E-state index contributed by atoms with van der Waals surface area (Å²) in [6.07, 6.45) is 0.960. The van der Waals surface area contributed by atoms with E-state index in [1.807, 2.05) is 0 Å². The second-order valence-corrected chi connectivity index (χ2v) is 4.35. The number of rotatable bonds is 1. The van der Waals surface area contributed by atoms with Gasteiger partial charge in [0.15, 0.2) is 0 Å². The molecule has 0 bridgehead atoms. The molecule has 0 aromatic heterocycles. The number of benzene rings is 1. The largest absolute Gasteiger partial charge is 0.330 e. The molecule has 1 amide bonds. The van der Waals surface area contributed by atoms with Crippen LogP contribution in [0.1, 0.15) is 22.3 Å². The molecule has 5 heteroatoms. The number of halogens is 2. The van der Waals surface area contributed by atoms with E-state index >= 15 is 0 Å². The molecule has 1 saturated heterocycles. The summed E-state index contributed by atoms with van der Waals surface area (Å²) in [6, 6.07) is 4.95. The van der Waals surface area contributed by atoms with E-state index in [-0.39, 0.29) is 30.2 Å². The van der Waals surface area contributed by atoms with Crippen molar-refractivity contribution < 1.29 is 9.18 Å². The van der Waals surface area contributed by atoms with Gasteiger partial charge in [0.1, 0.15) is 5.82 Å². The Balaban J connectivity index is 0.00000108. The van der Waals surface area contributed by atoms with E-state index in [1.165, 1.54) is 6.07 Å². The number of hydrogen-bond donors (Lipinski definition) is 1. The van der Waals surface area contributed by atoms with E-state index in [9.17, 15) is 9.18 Å². The Morgan fingerprint density at radius 3 is 2.88 bits per heavy atom. The van der Waals surface area contributed by atoms with Gasteiger partial charge in [-0.15, -0.1) is 12.4 Å². The molecule has 92 valence electrons. The number of nitrogens with zero attached hydrogens (tertiary/aromatic N) is 1.